The first-order valence-corrected chi connectivity index (χ1v) is 7.03. The molecular formula is C17H25N3O. The molecule has 1 aromatic rings. The summed E-state index contributed by atoms with van der Waals surface area (Å²) in [5.74, 6) is 1.96. The van der Waals surface area contributed by atoms with Crippen molar-refractivity contribution < 1.29 is 4.74 Å². The van der Waals surface area contributed by atoms with Gasteiger partial charge in [-0.25, -0.2) is 0 Å². The zero-order chi connectivity index (χ0) is 15.8. The second-order valence-electron chi connectivity index (χ2n) is 4.77. The van der Waals surface area contributed by atoms with Gasteiger partial charge in [-0.2, -0.15) is 4.99 Å². The molecule has 0 aromatic heterocycles. The van der Waals surface area contributed by atoms with Crippen molar-refractivity contribution in [2.45, 2.75) is 26.9 Å². The number of hydrogen-bond acceptors (Lipinski definition) is 3. The molecule has 1 aromatic carbocycles. The number of nitrogens with one attached hydrogen (secondary N) is 1. The van der Waals surface area contributed by atoms with Crippen molar-refractivity contribution in [3.8, 4) is 0 Å². The molecule has 0 aliphatic carbocycles. The van der Waals surface area contributed by atoms with Crippen LogP contribution >= 0.6 is 0 Å². The van der Waals surface area contributed by atoms with E-state index >= 15 is 0 Å². The molecule has 0 aliphatic heterocycles. The van der Waals surface area contributed by atoms with E-state index in [0.29, 0.717) is 5.88 Å². The molecule has 21 heavy (non-hydrogen) atoms. The summed E-state index contributed by atoms with van der Waals surface area (Å²) in [7, 11) is 3.90. The Morgan fingerprint density at radius 3 is 2.52 bits per heavy atom. The first kappa shape index (κ1) is 17.0. The van der Waals surface area contributed by atoms with Crippen molar-refractivity contribution >= 4 is 5.84 Å². The molecule has 1 rings (SSSR count). The van der Waals surface area contributed by atoms with Gasteiger partial charge in [-0.05, 0) is 40.5 Å². The molecule has 0 saturated heterocycles. The van der Waals surface area contributed by atoms with E-state index in [-0.39, 0.29) is 6.17 Å². The number of allylic oxidation sites excluding steroid dienone is 2. The highest BCUT2D eigenvalue weighted by molar-refractivity contribution is 5.99. The summed E-state index contributed by atoms with van der Waals surface area (Å²) < 4.78 is 5.55. The number of amidine groups is 1. The van der Waals surface area contributed by atoms with Gasteiger partial charge in [0.25, 0.3) is 0 Å². The van der Waals surface area contributed by atoms with E-state index in [4.69, 9.17) is 4.74 Å². The van der Waals surface area contributed by atoms with Gasteiger partial charge in [0, 0.05) is 12.6 Å². The summed E-state index contributed by atoms with van der Waals surface area (Å²) in [4.78, 5) is 6.60. The SMILES string of the molecule is C=C(N=C(c1ccccc1)N(C)C(C)NC)O/C(C)=C/C. The molecule has 1 unspecified atom stereocenters. The Kier molecular flexibility index (Phi) is 6.69. The van der Waals surface area contributed by atoms with Crippen LogP contribution in [0.2, 0.25) is 0 Å². The fraction of sp³-hybridized carbons (Fsp3) is 0.353. The Labute approximate surface area is 127 Å². The summed E-state index contributed by atoms with van der Waals surface area (Å²) in [6, 6.07) is 10.0. The first-order valence-electron chi connectivity index (χ1n) is 7.03. The quantitative estimate of drug-likeness (QED) is 0.377. The molecule has 1 N–H and O–H groups in total. The number of nitrogens with zero attached hydrogens (tertiary/aromatic N) is 2. The number of rotatable bonds is 6. The lowest BCUT2D eigenvalue weighted by Crippen LogP contribution is -2.43. The third-order valence-corrected chi connectivity index (χ3v) is 3.28. The molecule has 0 fully saturated rings. The minimum absolute atomic E-state index is 0.138. The van der Waals surface area contributed by atoms with Crippen LogP contribution < -0.4 is 5.32 Å². The van der Waals surface area contributed by atoms with Crippen LogP contribution in [-0.2, 0) is 4.74 Å². The summed E-state index contributed by atoms with van der Waals surface area (Å²) in [6.45, 7) is 9.74. The molecular weight excluding hydrogens is 262 g/mol. The lowest BCUT2D eigenvalue weighted by atomic mass is 10.2. The van der Waals surface area contributed by atoms with Gasteiger partial charge >= 0.3 is 0 Å². The fourth-order valence-corrected chi connectivity index (χ4v) is 1.70. The molecule has 0 saturated carbocycles. The minimum atomic E-state index is 0.138. The minimum Gasteiger partial charge on any atom is -0.445 e. The van der Waals surface area contributed by atoms with Crippen LogP contribution in [0, 0.1) is 0 Å². The zero-order valence-corrected chi connectivity index (χ0v) is 13.6. The number of ether oxygens (including phenoxy) is 1. The van der Waals surface area contributed by atoms with E-state index in [1.165, 1.54) is 0 Å². The standard InChI is InChI=1S/C17H25N3O/c1-7-13(2)21-15(4)19-17(20(6)14(3)18-5)16-11-9-8-10-12-16/h7-12,14,18H,4H2,1-3,5-6H3/b13-7+,19-17?. The Hall–Kier alpha value is -2.07. The van der Waals surface area contributed by atoms with E-state index in [1.54, 1.807) is 0 Å². The second-order valence-corrected chi connectivity index (χ2v) is 4.77. The molecule has 4 nitrogen and oxygen atoms in total. The molecule has 4 heteroatoms. The molecule has 0 bridgehead atoms. The van der Waals surface area contributed by atoms with Crippen molar-refractivity contribution in [2.24, 2.45) is 4.99 Å². The molecule has 1 atom stereocenters. The fourth-order valence-electron chi connectivity index (χ4n) is 1.70. The third-order valence-electron chi connectivity index (χ3n) is 3.28. The molecule has 0 radical (unpaired) electrons. The van der Waals surface area contributed by atoms with E-state index in [0.717, 1.165) is 17.2 Å². The number of hydrogen-bond donors (Lipinski definition) is 1. The van der Waals surface area contributed by atoms with Crippen LogP contribution in [0.5, 0.6) is 0 Å². The highest BCUT2D eigenvalue weighted by Gasteiger charge is 2.15. The van der Waals surface area contributed by atoms with E-state index in [2.05, 4.69) is 28.7 Å². The maximum atomic E-state index is 5.55. The average molecular weight is 287 g/mol. The van der Waals surface area contributed by atoms with Gasteiger partial charge in [-0.15, -0.1) is 0 Å². The number of aliphatic imine (C=N–C) groups is 1. The lowest BCUT2D eigenvalue weighted by molar-refractivity contribution is 0.299. The summed E-state index contributed by atoms with van der Waals surface area (Å²) in [5.41, 5.74) is 1.02. The molecule has 0 amide bonds. The molecule has 114 valence electrons. The molecule has 0 spiro atoms. The van der Waals surface area contributed by atoms with Crippen LogP contribution in [0.3, 0.4) is 0 Å². The lowest BCUT2D eigenvalue weighted by Gasteiger charge is -2.28. The highest BCUT2D eigenvalue weighted by atomic mass is 16.5. The van der Waals surface area contributed by atoms with Crippen LogP contribution in [0.4, 0.5) is 0 Å². The monoisotopic (exact) mass is 287 g/mol. The van der Waals surface area contributed by atoms with Gasteiger partial charge in [0.05, 0.1) is 11.9 Å². The van der Waals surface area contributed by atoms with Gasteiger partial charge in [0.15, 0.2) is 0 Å². The summed E-state index contributed by atoms with van der Waals surface area (Å²) >= 11 is 0. The maximum Gasteiger partial charge on any atom is 0.213 e. The van der Waals surface area contributed by atoms with Gasteiger partial charge in [0.1, 0.15) is 5.84 Å². The van der Waals surface area contributed by atoms with Crippen molar-refractivity contribution in [3.05, 3.63) is 60.2 Å². The Morgan fingerprint density at radius 2 is 2.00 bits per heavy atom. The number of benzene rings is 1. The van der Waals surface area contributed by atoms with Crippen LogP contribution in [0.15, 0.2) is 59.6 Å². The van der Waals surface area contributed by atoms with E-state index in [1.807, 2.05) is 64.4 Å². The molecule has 0 aliphatic rings. The van der Waals surface area contributed by atoms with Crippen LogP contribution in [0.25, 0.3) is 0 Å². The molecule has 0 heterocycles. The normalized spacial score (nSPS) is 13.8. The van der Waals surface area contributed by atoms with E-state index < -0.39 is 0 Å². The predicted octanol–water partition coefficient (Wildman–Crippen LogP) is 3.34. The van der Waals surface area contributed by atoms with Gasteiger partial charge in [-0.1, -0.05) is 30.3 Å². The van der Waals surface area contributed by atoms with E-state index in [9.17, 15) is 0 Å². The van der Waals surface area contributed by atoms with Crippen LogP contribution in [-0.4, -0.2) is 31.0 Å². The second kappa shape index (κ2) is 8.27. The van der Waals surface area contributed by atoms with Crippen molar-refractivity contribution in [2.75, 3.05) is 14.1 Å². The Balaban J connectivity index is 3.10. The third kappa shape index (κ3) is 5.08. The van der Waals surface area contributed by atoms with Crippen molar-refractivity contribution in [3.63, 3.8) is 0 Å². The highest BCUT2D eigenvalue weighted by Crippen LogP contribution is 2.12. The van der Waals surface area contributed by atoms with Crippen LogP contribution in [0.1, 0.15) is 26.3 Å². The zero-order valence-electron chi connectivity index (χ0n) is 13.6. The summed E-state index contributed by atoms with van der Waals surface area (Å²) in [6.07, 6.45) is 2.02. The topological polar surface area (TPSA) is 36.9 Å². The largest absolute Gasteiger partial charge is 0.445 e. The smallest absolute Gasteiger partial charge is 0.213 e. The van der Waals surface area contributed by atoms with Gasteiger partial charge in [-0.3, -0.25) is 0 Å². The average Bonchev–Trinajstić information content (AvgIpc) is 2.51. The van der Waals surface area contributed by atoms with Gasteiger partial charge < -0.3 is 15.0 Å². The van der Waals surface area contributed by atoms with Gasteiger partial charge in [0.2, 0.25) is 5.88 Å². The maximum absolute atomic E-state index is 5.55. The first-order chi connectivity index (χ1) is 9.99. The van der Waals surface area contributed by atoms with Crippen molar-refractivity contribution in [1.82, 2.24) is 10.2 Å². The Morgan fingerprint density at radius 1 is 1.38 bits per heavy atom. The Bertz CT molecular complexity index is 520. The van der Waals surface area contributed by atoms with Crippen molar-refractivity contribution in [1.29, 1.82) is 0 Å². The summed E-state index contributed by atoms with van der Waals surface area (Å²) in [5, 5.41) is 3.20. The predicted molar refractivity (Wildman–Crippen MR) is 88.9 cm³/mol.